The number of aromatic hydroxyl groups is 1. The zero-order chi connectivity index (χ0) is 14.5. The number of esters is 1. The van der Waals surface area contributed by atoms with Crippen LogP contribution in [0.4, 0.5) is 0 Å². The van der Waals surface area contributed by atoms with Crippen LogP contribution in [0.15, 0.2) is 23.1 Å². The Morgan fingerprint density at radius 1 is 1.42 bits per heavy atom. The standard InChI is InChI=1S/C15H22O3S/c1-15(2,9-5-6-14(17)18-3)12-10-11(19-4)7-8-13(12)16/h7-8,10,16H,5-6,9H2,1-4H3. The van der Waals surface area contributed by atoms with Crippen molar-refractivity contribution in [2.45, 2.75) is 43.4 Å². The number of thioether (sulfide) groups is 1. The Hall–Kier alpha value is -1.16. The molecule has 0 fully saturated rings. The Balaban J connectivity index is 2.78. The number of hydrogen-bond donors (Lipinski definition) is 1. The smallest absolute Gasteiger partial charge is 0.305 e. The average molecular weight is 282 g/mol. The zero-order valence-electron chi connectivity index (χ0n) is 12.0. The molecule has 0 aliphatic heterocycles. The molecule has 1 N–H and O–H groups in total. The SMILES string of the molecule is COC(=O)CCCC(C)(C)c1cc(SC)ccc1O. The first-order valence-electron chi connectivity index (χ1n) is 6.35. The number of ether oxygens (including phenoxy) is 1. The Kier molecular flexibility index (Phi) is 5.73. The molecule has 106 valence electrons. The van der Waals surface area contributed by atoms with Crippen LogP contribution in [0.3, 0.4) is 0 Å². The minimum Gasteiger partial charge on any atom is -0.508 e. The van der Waals surface area contributed by atoms with Gasteiger partial charge in [0.25, 0.3) is 0 Å². The maximum Gasteiger partial charge on any atom is 0.305 e. The summed E-state index contributed by atoms with van der Waals surface area (Å²) in [6.45, 7) is 4.17. The number of benzene rings is 1. The van der Waals surface area contributed by atoms with Crippen molar-refractivity contribution in [2.75, 3.05) is 13.4 Å². The molecule has 0 radical (unpaired) electrons. The summed E-state index contributed by atoms with van der Waals surface area (Å²) in [7, 11) is 1.40. The molecule has 1 aromatic rings. The first-order chi connectivity index (χ1) is 8.90. The summed E-state index contributed by atoms with van der Waals surface area (Å²) < 4.78 is 4.64. The van der Waals surface area contributed by atoms with E-state index in [2.05, 4.69) is 18.6 Å². The molecule has 0 bridgehead atoms. The van der Waals surface area contributed by atoms with Gasteiger partial charge >= 0.3 is 5.97 Å². The quantitative estimate of drug-likeness (QED) is 0.638. The summed E-state index contributed by atoms with van der Waals surface area (Å²) in [5.41, 5.74) is 0.772. The van der Waals surface area contributed by atoms with Crippen LogP contribution in [0.2, 0.25) is 0 Å². The van der Waals surface area contributed by atoms with Gasteiger partial charge in [-0.25, -0.2) is 0 Å². The van der Waals surface area contributed by atoms with Crippen molar-refractivity contribution in [3.63, 3.8) is 0 Å². The number of hydrogen-bond acceptors (Lipinski definition) is 4. The van der Waals surface area contributed by atoms with Gasteiger partial charge in [-0.3, -0.25) is 4.79 Å². The molecule has 0 atom stereocenters. The van der Waals surface area contributed by atoms with Crippen molar-refractivity contribution in [1.82, 2.24) is 0 Å². The maximum absolute atomic E-state index is 11.1. The van der Waals surface area contributed by atoms with E-state index in [1.54, 1.807) is 17.8 Å². The first kappa shape index (κ1) is 15.9. The molecule has 0 unspecified atom stereocenters. The first-order valence-corrected chi connectivity index (χ1v) is 7.57. The van der Waals surface area contributed by atoms with E-state index in [-0.39, 0.29) is 11.4 Å². The molecule has 0 saturated heterocycles. The third kappa shape index (κ3) is 4.46. The van der Waals surface area contributed by atoms with Gasteiger partial charge in [-0.15, -0.1) is 11.8 Å². The number of carbonyl (C=O) groups excluding carboxylic acids is 1. The van der Waals surface area contributed by atoms with Gasteiger partial charge in [0.15, 0.2) is 0 Å². The topological polar surface area (TPSA) is 46.5 Å². The predicted molar refractivity (Wildman–Crippen MR) is 78.8 cm³/mol. The van der Waals surface area contributed by atoms with E-state index < -0.39 is 0 Å². The van der Waals surface area contributed by atoms with E-state index in [1.807, 2.05) is 18.4 Å². The van der Waals surface area contributed by atoms with E-state index >= 15 is 0 Å². The Morgan fingerprint density at radius 3 is 2.68 bits per heavy atom. The summed E-state index contributed by atoms with van der Waals surface area (Å²) in [6.07, 6.45) is 4.01. The Labute approximate surface area is 119 Å². The number of rotatable bonds is 6. The Bertz CT molecular complexity index is 441. The van der Waals surface area contributed by atoms with E-state index in [4.69, 9.17) is 0 Å². The van der Waals surface area contributed by atoms with Crippen LogP contribution in [0, 0.1) is 0 Å². The molecule has 0 aromatic heterocycles. The molecule has 3 nitrogen and oxygen atoms in total. The molecule has 0 saturated carbocycles. The third-order valence-electron chi connectivity index (χ3n) is 3.34. The van der Waals surface area contributed by atoms with Crippen molar-refractivity contribution in [3.8, 4) is 5.75 Å². The number of methoxy groups -OCH3 is 1. The second-order valence-corrected chi connectivity index (χ2v) is 6.08. The molecule has 0 spiro atoms. The van der Waals surface area contributed by atoms with Gasteiger partial charge in [0.1, 0.15) is 5.75 Å². The minimum absolute atomic E-state index is 0.163. The summed E-state index contributed by atoms with van der Waals surface area (Å²) in [5, 5.41) is 10.0. The van der Waals surface area contributed by atoms with Crippen molar-refractivity contribution in [1.29, 1.82) is 0 Å². The zero-order valence-corrected chi connectivity index (χ0v) is 12.8. The molecule has 4 heteroatoms. The molecule has 0 heterocycles. The van der Waals surface area contributed by atoms with E-state index in [9.17, 15) is 9.90 Å². The van der Waals surface area contributed by atoms with Gasteiger partial charge in [0, 0.05) is 16.9 Å². The molecule has 1 aromatic carbocycles. The van der Waals surface area contributed by atoms with Crippen LogP contribution in [0.5, 0.6) is 5.75 Å². The van der Waals surface area contributed by atoms with Crippen LogP contribution >= 0.6 is 11.8 Å². The fourth-order valence-electron chi connectivity index (χ4n) is 2.10. The van der Waals surface area contributed by atoms with Gasteiger partial charge < -0.3 is 9.84 Å². The van der Waals surface area contributed by atoms with Crippen LogP contribution in [-0.2, 0) is 14.9 Å². The van der Waals surface area contributed by atoms with Crippen LogP contribution < -0.4 is 0 Å². The lowest BCUT2D eigenvalue weighted by molar-refractivity contribution is -0.140. The fourth-order valence-corrected chi connectivity index (χ4v) is 2.54. The van der Waals surface area contributed by atoms with Gasteiger partial charge in [-0.2, -0.15) is 0 Å². The second kappa shape index (κ2) is 6.85. The highest BCUT2D eigenvalue weighted by Crippen LogP contribution is 2.37. The molecular formula is C15H22O3S. The van der Waals surface area contributed by atoms with Gasteiger partial charge in [-0.05, 0) is 42.7 Å². The Morgan fingerprint density at radius 2 is 2.11 bits per heavy atom. The van der Waals surface area contributed by atoms with Crippen LogP contribution in [-0.4, -0.2) is 24.4 Å². The fraction of sp³-hybridized carbons (Fsp3) is 0.533. The second-order valence-electron chi connectivity index (χ2n) is 5.20. The lowest BCUT2D eigenvalue weighted by atomic mass is 9.79. The predicted octanol–water partition coefficient (Wildman–Crippen LogP) is 3.74. The minimum atomic E-state index is -0.183. The molecule has 1 rings (SSSR count). The lowest BCUT2D eigenvalue weighted by Crippen LogP contribution is -2.18. The van der Waals surface area contributed by atoms with Gasteiger partial charge in [0.05, 0.1) is 7.11 Å². The summed E-state index contributed by atoms with van der Waals surface area (Å²) in [4.78, 5) is 12.3. The van der Waals surface area contributed by atoms with E-state index in [0.29, 0.717) is 12.2 Å². The van der Waals surface area contributed by atoms with Crippen molar-refractivity contribution in [3.05, 3.63) is 23.8 Å². The van der Waals surface area contributed by atoms with E-state index in [0.717, 1.165) is 23.3 Å². The van der Waals surface area contributed by atoms with Gasteiger partial charge in [0.2, 0.25) is 0 Å². The number of phenolic OH excluding ortho intramolecular Hbond substituents is 1. The molecule has 19 heavy (non-hydrogen) atoms. The number of phenols is 1. The highest BCUT2D eigenvalue weighted by molar-refractivity contribution is 7.98. The summed E-state index contributed by atoms with van der Waals surface area (Å²) in [5.74, 6) is 0.138. The molecular weight excluding hydrogens is 260 g/mol. The van der Waals surface area contributed by atoms with E-state index in [1.165, 1.54) is 7.11 Å². The normalized spacial score (nSPS) is 11.4. The summed E-state index contributed by atoms with van der Waals surface area (Å²) in [6, 6.07) is 5.68. The lowest BCUT2D eigenvalue weighted by Gasteiger charge is -2.26. The highest BCUT2D eigenvalue weighted by atomic mass is 32.2. The maximum atomic E-state index is 11.1. The monoisotopic (exact) mass is 282 g/mol. The van der Waals surface area contributed by atoms with Crippen molar-refractivity contribution >= 4 is 17.7 Å². The third-order valence-corrected chi connectivity index (χ3v) is 4.07. The molecule has 0 aliphatic carbocycles. The van der Waals surface area contributed by atoms with Crippen molar-refractivity contribution < 1.29 is 14.6 Å². The highest BCUT2D eigenvalue weighted by Gasteiger charge is 2.24. The van der Waals surface area contributed by atoms with Crippen LogP contribution in [0.1, 0.15) is 38.7 Å². The molecule has 0 amide bonds. The van der Waals surface area contributed by atoms with Crippen molar-refractivity contribution in [2.24, 2.45) is 0 Å². The van der Waals surface area contributed by atoms with Crippen LogP contribution in [0.25, 0.3) is 0 Å². The average Bonchev–Trinajstić information content (AvgIpc) is 2.38. The summed E-state index contributed by atoms with van der Waals surface area (Å²) >= 11 is 1.65. The largest absolute Gasteiger partial charge is 0.508 e. The number of carbonyl (C=O) groups is 1. The molecule has 0 aliphatic rings. The van der Waals surface area contributed by atoms with Gasteiger partial charge in [-0.1, -0.05) is 13.8 Å².